The van der Waals surface area contributed by atoms with Crippen LogP contribution in [-0.4, -0.2) is 23.7 Å². The lowest BCUT2D eigenvalue weighted by Crippen LogP contribution is -2.20. The van der Waals surface area contributed by atoms with Crippen molar-refractivity contribution in [3.8, 4) is 11.3 Å². The van der Waals surface area contributed by atoms with Gasteiger partial charge in [0.1, 0.15) is 10.4 Å². The average Bonchev–Trinajstić information content (AvgIpc) is 3.10. The predicted molar refractivity (Wildman–Crippen MR) is 102 cm³/mol. The van der Waals surface area contributed by atoms with Gasteiger partial charge < -0.3 is 0 Å². The van der Waals surface area contributed by atoms with Gasteiger partial charge in [-0.05, 0) is 23.3 Å². The topological polar surface area (TPSA) is 69.0 Å². The molecule has 132 valence electrons. The van der Waals surface area contributed by atoms with Crippen LogP contribution in [0.1, 0.15) is 21.2 Å². The molecule has 1 aromatic carbocycles. The SMILES string of the molecule is C=CC(c1ccc(Cl)nc1)S(=O)(=O)n1cc(C=O)cc1-c1ccccc1. The van der Waals surface area contributed by atoms with Gasteiger partial charge in [-0.3, -0.25) is 4.79 Å². The third kappa shape index (κ3) is 3.34. The molecule has 7 heteroatoms. The quantitative estimate of drug-likeness (QED) is 0.363. The first-order valence-corrected chi connectivity index (χ1v) is 9.57. The maximum absolute atomic E-state index is 13.3. The van der Waals surface area contributed by atoms with Gasteiger partial charge in [0.2, 0.25) is 10.0 Å². The first kappa shape index (κ1) is 18.1. The third-order valence-electron chi connectivity index (χ3n) is 3.90. The van der Waals surface area contributed by atoms with Crippen LogP contribution in [0.15, 0.2) is 73.6 Å². The Balaban J connectivity index is 2.17. The molecule has 1 atom stereocenters. The largest absolute Gasteiger partial charge is 0.298 e. The van der Waals surface area contributed by atoms with Gasteiger partial charge in [-0.15, -0.1) is 6.58 Å². The molecule has 0 bridgehead atoms. The molecule has 3 aromatic rings. The molecule has 1 unspecified atom stereocenters. The van der Waals surface area contributed by atoms with Crippen molar-refractivity contribution in [3.05, 3.63) is 89.9 Å². The maximum Gasteiger partial charge on any atom is 0.249 e. The molecule has 2 aromatic heterocycles. The number of rotatable bonds is 6. The van der Waals surface area contributed by atoms with E-state index in [1.165, 1.54) is 24.5 Å². The lowest BCUT2D eigenvalue weighted by atomic mass is 10.1. The van der Waals surface area contributed by atoms with Gasteiger partial charge >= 0.3 is 0 Å². The Kier molecular flexibility index (Phi) is 5.06. The molecule has 0 aliphatic carbocycles. The van der Waals surface area contributed by atoms with E-state index in [0.29, 0.717) is 23.1 Å². The Morgan fingerprint density at radius 2 is 1.88 bits per heavy atom. The molecule has 0 saturated heterocycles. The molecule has 0 amide bonds. The van der Waals surface area contributed by atoms with E-state index in [1.54, 1.807) is 36.4 Å². The van der Waals surface area contributed by atoms with Crippen molar-refractivity contribution in [3.63, 3.8) is 0 Å². The van der Waals surface area contributed by atoms with Gasteiger partial charge in [0.15, 0.2) is 6.29 Å². The van der Waals surface area contributed by atoms with Gasteiger partial charge in [-0.2, -0.15) is 0 Å². The number of pyridine rings is 1. The molecule has 0 spiro atoms. The number of benzene rings is 1. The van der Waals surface area contributed by atoms with E-state index in [9.17, 15) is 13.2 Å². The second-order valence-electron chi connectivity index (χ2n) is 5.55. The lowest BCUT2D eigenvalue weighted by molar-refractivity contribution is 0.112. The number of hydrogen-bond donors (Lipinski definition) is 0. The summed E-state index contributed by atoms with van der Waals surface area (Å²) in [5, 5.41) is -0.773. The number of hydrogen-bond acceptors (Lipinski definition) is 4. The zero-order valence-corrected chi connectivity index (χ0v) is 15.2. The molecule has 0 radical (unpaired) electrons. The standard InChI is InChI=1S/C19H15ClN2O3S/c1-2-18(16-8-9-19(20)21-11-16)26(24,25)22-12-14(13-23)10-17(22)15-6-4-3-5-7-15/h2-13,18H,1H2. The van der Waals surface area contributed by atoms with E-state index in [0.717, 1.165) is 3.97 Å². The van der Waals surface area contributed by atoms with E-state index < -0.39 is 15.3 Å². The summed E-state index contributed by atoms with van der Waals surface area (Å²) in [7, 11) is -3.93. The van der Waals surface area contributed by atoms with Crippen LogP contribution < -0.4 is 0 Å². The number of aldehydes is 1. The van der Waals surface area contributed by atoms with Gasteiger partial charge in [0.05, 0.1) is 5.69 Å². The zero-order valence-electron chi connectivity index (χ0n) is 13.6. The van der Waals surface area contributed by atoms with Gasteiger partial charge in [0, 0.05) is 18.0 Å². The molecule has 5 nitrogen and oxygen atoms in total. The Morgan fingerprint density at radius 3 is 2.46 bits per heavy atom. The predicted octanol–water partition coefficient (Wildman–Crippen LogP) is 4.12. The van der Waals surface area contributed by atoms with Crippen molar-refractivity contribution >= 4 is 27.9 Å². The minimum Gasteiger partial charge on any atom is -0.298 e. The zero-order chi connectivity index (χ0) is 18.7. The Labute approximate surface area is 156 Å². The monoisotopic (exact) mass is 386 g/mol. The van der Waals surface area contributed by atoms with Crippen molar-refractivity contribution in [2.24, 2.45) is 0 Å². The van der Waals surface area contributed by atoms with Crippen molar-refractivity contribution in [2.45, 2.75) is 5.25 Å². The molecule has 0 saturated carbocycles. The highest BCUT2D eigenvalue weighted by atomic mass is 35.5. The molecule has 0 fully saturated rings. The average molecular weight is 387 g/mol. The summed E-state index contributed by atoms with van der Waals surface area (Å²) < 4.78 is 27.7. The molecule has 26 heavy (non-hydrogen) atoms. The Hall–Kier alpha value is -2.70. The second-order valence-corrected chi connectivity index (χ2v) is 7.87. The summed E-state index contributed by atoms with van der Waals surface area (Å²) in [6.45, 7) is 3.66. The third-order valence-corrected chi connectivity index (χ3v) is 6.08. The van der Waals surface area contributed by atoms with Gasteiger partial charge in [-0.25, -0.2) is 17.4 Å². The minimum absolute atomic E-state index is 0.267. The van der Waals surface area contributed by atoms with Crippen molar-refractivity contribution in [2.75, 3.05) is 0 Å². The van der Waals surface area contributed by atoms with Crippen molar-refractivity contribution in [1.29, 1.82) is 0 Å². The van der Waals surface area contributed by atoms with Crippen molar-refractivity contribution in [1.82, 2.24) is 8.96 Å². The smallest absolute Gasteiger partial charge is 0.249 e. The summed E-state index contributed by atoms with van der Waals surface area (Å²) in [5.74, 6) is 0. The van der Waals surface area contributed by atoms with E-state index in [-0.39, 0.29) is 10.7 Å². The Bertz CT molecular complexity index is 1040. The number of carbonyl (C=O) groups is 1. The summed E-state index contributed by atoms with van der Waals surface area (Å²) >= 11 is 5.79. The number of carbonyl (C=O) groups excluding carboxylic acids is 1. The summed E-state index contributed by atoms with van der Waals surface area (Å²) in [5.41, 5.74) is 1.79. The van der Waals surface area contributed by atoms with E-state index in [2.05, 4.69) is 11.6 Å². The first-order chi connectivity index (χ1) is 12.5. The van der Waals surface area contributed by atoms with Crippen LogP contribution in [0, 0.1) is 0 Å². The summed E-state index contributed by atoms with van der Waals surface area (Å²) in [6, 6.07) is 13.6. The molecule has 2 heterocycles. The minimum atomic E-state index is -3.93. The second kappa shape index (κ2) is 7.27. The van der Waals surface area contributed by atoms with E-state index >= 15 is 0 Å². The molecule has 3 rings (SSSR count). The van der Waals surface area contributed by atoms with Crippen LogP contribution in [0.3, 0.4) is 0 Å². The van der Waals surface area contributed by atoms with Crippen LogP contribution in [0.25, 0.3) is 11.3 Å². The van der Waals surface area contributed by atoms with Crippen LogP contribution in [0.2, 0.25) is 5.15 Å². The maximum atomic E-state index is 13.3. The van der Waals surface area contributed by atoms with Gasteiger partial charge in [-0.1, -0.05) is 54.1 Å². The summed E-state index contributed by atoms with van der Waals surface area (Å²) in [4.78, 5) is 15.2. The Morgan fingerprint density at radius 1 is 1.15 bits per heavy atom. The number of aromatic nitrogens is 2. The van der Waals surface area contributed by atoms with Gasteiger partial charge in [0.25, 0.3) is 0 Å². The molecule has 0 aliphatic heterocycles. The highest BCUT2D eigenvalue weighted by Gasteiger charge is 2.29. The molecule has 0 N–H and O–H groups in total. The molecular weight excluding hydrogens is 372 g/mol. The van der Waals surface area contributed by atoms with Crippen LogP contribution in [0.4, 0.5) is 0 Å². The fourth-order valence-corrected chi connectivity index (χ4v) is 4.45. The first-order valence-electron chi connectivity index (χ1n) is 7.68. The number of nitrogens with zero attached hydrogens (tertiary/aromatic N) is 2. The molecular formula is C19H15ClN2O3S. The fourth-order valence-electron chi connectivity index (χ4n) is 2.67. The van der Waals surface area contributed by atoms with Crippen molar-refractivity contribution < 1.29 is 13.2 Å². The van der Waals surface area contributed by atoms with Crippen LogP contribution >= 0.6 is 11.6 Å². The van der Waals surface area contributed by atoms with E-state index in [1.807, 2.05) is 6.07 Å². The molecule has 0 aliphatic rings. The van der Waals surface area contributed by atoms with Crippen LogP contribution in [0.5, 0.6) is 0 Å². The number of halogens is 1. The van der Waals surface area contributed by atoms with Crippen LogP contribution in [-0.2, 0) is 10.0 Å². The lowest BCUT2D eigenvalue weighted by Gasteiger charge is -2.17. The highest BCUT2D eigenvalue weighted by molar-refractivity contribution is 7.90. The van der Waals surface area contributed by atoms with E-state index in [4.69, 9.17) is 11.6 Å². The normalized spacial score (nSPS) is 12.5. The summed E-state index contributed by atoms with van der Waals surface area (Å²) in [6.07, 6.45) is 4.66. The fraction of sp³-hybridized carbons (Fsp3) is 0.0526. The highest BCUT2D eigenvalue weighted by Crippen LogP contribution is 2.31.